The topological polar surface area (TPSA) is 0 Å². The molecule has 0 amide bonds. The summed E-state index contributed by atoms with van der Waals surface area (Å²) in [6.07, 6.45) is 0. The van der Waals surface area contributed by atoms with Gasteiger partial charge in [0, 0.05) is 0 Å². The van der Waals surface area contributed by atoms with Gasteiger partial charge in [0.2, 0.25) is 0 Å². The lowest BCUT2D eigenvalue weighted by molar-refractivity contribution is 0.383. The monoisotopic (exact) mass is 232 g/mol. The summed E-state index contributed by atoms with van der Waals surface area (Å²) in [4.78, 5) is 0. The van der Waals surface area contributed by atoms with Crippen LogP contribution in [0.2, 0.25) is 0 Å². The summed E-state index contributed by atoms with van der Waals surface area (Å²) >= 11 is 1.59. The fourth-order valence-electron chi connectivity index (χ4n) is 0. The number of rotatable bonds is 1. The van der Waals surface area contributed by atoms with Crippen molar-refractivity contribution >= 4 is 26.2 Å². The van der Waals surface area contributed by atoms with Crippen molar-refractivity contribution in [2.75, 3.05) is 0 Å². The molecule has 0 aromatic heterocycles. The van der Waals surface area contributed by atoms with E-state index in [1.165, 1.54) is 0 Å². The zero-order chi connectivity index (χ0) is 7.99. The van der Waals surface area contributed by atoms with E-state index in [0.717, 1.165) is 0 Å². The Hall–Kier alpha value is 0.220. The molecular weight excluding hydrogens is 231 g/mol. The third kappa shape index (κ3) is 3.04. The summed E-state index contributed by atoms with van der Waals surface area (Å²) in [6.45, 7) is 2.06. The minimum atomic E-state index is -9.39. The van der Waals surface area contributed by atoms with Crippen molar-refractivity contribution in [1.29, 1.82) is 0 Å². The molecule has 0 spiro atoms. The largest absolute Gasteiger partial charge is 0.315 e. The predicted octanol–water partition coefficient (Wildman–Crippen LogP) is 4.15. The maximum absolute atomic E-state index is 11.2. The van der Waals surface area contributed by atoms with Crippen LogP contribution in [0.5, 0.6) is 0 Å². The van der Waals surface area contributed by atoms with Gasteiger partial charge in [0.05, 0.1) is 0 Å². The Bertz CT molecular complexity index is 151. The van der Waals surface area contributed by atoms with Crippen molar-refractivity contribution in [2.24, 2.45) is 0 Å². The molecule has 0 aliphatic heterocycles. The van der Waals surface area contributed by atoms with E-state index in [0.29, 0.717) is 0 Å². The van der Waals surface area contributed by atoms with Crippen LogP contribution in [-0.2, 0) is 0 Å². The summed E-state index contributed by atoms with van der Waals surface area (Å²) in [5, 5.41) is 0. The van der Waals surface area contributed by atoms with Crippen LogP contribution >= 0.6 is 26.2 Å². The van der Waals surface area contributed by atoms with Crippen LogP contribution in [0.4, 0.5) is 19.4 Å². The summed E-state index contributed by atoms with van der Waals surface area (Å²) in [5.74, 6) is 0. The highest BCUT2D eigenvalue weighted by Gasteiger charge is 2.65. The highest BCUT2D eigenvalue weighted by Crippen LogP contribution is 3.02. The first-order chi connectivity index (χ1) is 3.43. The molecule has 0 aliphatic rings. The van der Waals surface area contributed by atoms with Crippen LogP contribution in [0.1, 0.15) is 0 Å². The Morgan fingerprint density at radius 3 is 1.22 bits per heavy atom. The molecule has 0 bridgehead atoms. The zero-order valence-corrected chi connectivity index (χ0v) is 6.29. The molecule has 58 valence electrons. The fraction of sp³-hybridized carbons (Fsp3) is 0. The number of halogens is 6. The Kier molecular flexibility index (Phi) is 1.32. The van der Waals surface area contributed by atoms with Crippen LogP contribution in [0.3, 0.4) is 0 Å². The molecular formula is C2H2BrF5S. The zero-order valence-electron chi connectivity index (χ0n) is 3.88. The standard InChI is InChI=1S/C2H2BrF5S/c1-2(3)9(4,5,6,7)8/h1H2. The van der Waals surface area contributed by atoms with E-state index in [1.54, 1.807) is 15.9 Å². The SMILES string of the molecule is C=C(Br)S(F)(F)(F)(F)F. The lowest BCUT2D eigenvalue weighted by Crippen LogP contribution is -2.02. The second-order valence-electron chi connectivity index (χ2n) is 1.32. The highest BCUT2D eigenvalue weighted by molar-refractivity contribution is 9.15. The Morgan fingerprint density at radius 1 is 1.11 bits per heavy atom. The molecule has 0 saturated heterocycles. The molecule has 0 aromatic rings. The van der Waals surface area contributed by atoms with Gasteiger partial charge >= 0.3 is 10.2 Å². The molecule has 0 unspecified atom stereocenters. The minimum absolute atomic E-state index is 1.59. The molecule has 0 aliphatic carbocycles. The Morgan fingerprint density at radius 2 is 1.22 bits per heavy atom. The molecule has 0 heterocycles. The van der Waals surface area contributed by atoms with Gasteiger partial charge in [-0.3, -0.25) is 0 Å². The lowest BCUT2D eigenvalue weighted by atomic mass is 11.3. The van der Waals surface area contributed by atoms with E-state index >= 15 is 0 Å². The van der Waals surface area contributed by atoms with E-state index in [1.807, 2.05) is 0 Å². The Labute approximate surface area is 56.6 Å². The molecule has 0 N–H and O–H groups in total. The van der Waals surface area contributed by atoms with Gasteiger partial charge < -0.3 is 0 Å². The maximum atomic E-state index is 11.2. The predicted molar refractivity (Wildman–Crippen MR) is 31.2 cm³/mol. The first-order valence-corrected chi connectivity index (χ1v) is 4.26. The van der Waals surface area contributed by atoms with Crippen LogP contribution in [0, 0.1) is 0 Å². The van der Waals surface area contributed by atoms with Gasteiger partial charge in [-0.15, -0.1) is 0 Å². The molecule has 0 aromatic carbocycles. The first-order valence-electron chi connectivity index (χ1n) is 1.52. The van der Waals surface area contributed by atoms with Crippen LogP contribution < -0.4 is 0 Å². The highest BCUT2D eigenvalue weighted by atomic mass is 79.9. The van der Waals surface area contributed by atoms with Gasteiger partial charge in [-0.05, 0) is 15.9 Å². The van der Waals surface area contributed by atoms with E-state index in [9.17, 15) is 19.4 Å². The molecule has 0 saturated carbocycles. The van der Waals surface area contributed by atoms with Crippen LogP contribution in [0.25, 0.3) is 0 Å². The molecule has 0 radical (unpaired) electrons. The summed E-state index contributed by atoms with van der Waals surface area (Å²) < 4.78 is 53.8. The molecule has 0 fully saturated rings. The normalized spacial score (nSPS) is 20.2. The maximum Gasteiger partial charge on any atom is 0.315 e. The van der Waals surface area contributed by atoms with Gasteiger partial charge in [0.15, 0.2) is 0 Å². The van der Waals surface area contributed by atoms with Crippen molar-refractivity contribution in [3.05, 3.63) is 10.4 Å². The minimum Gasteiger partial charge on any atom is -0.0932 e. The molecule has 9 heavy (non-hydrogen) atoms. The van der Waals surface area contributed by atoms with Crippen molar-refractivity contribution < 1.29 is 19.4 Å². The Balaban J connectivity index is 5.01. The number of hydrogen-bond donors (Lipinski definition) is 0. The second-order valence-corrected chi connectivity index (χ2v) is 5.24. The van der Waals surface area contributed by atoms with E-state index in [4.69, 9.17) is 0 Å². The smallest absolute Gasteiger partial charge is 0.0932 e. The van der Waals surface area contributed by atoms with Gasteiger partial charge in [-0.25, -0.2) is 0 Å². The molecule has 0 rings (SSSR count). The van der Waals surface area contributed by atoms with Crippen molar-refractivity contribution in [3.63, 3.8) is 0 Å². The lowest BCUT2D eigenvalue weighted by Gasteiger charge is -2.39. The van der Waals surface area contributed by atoms with Gasteiger partial charge in [-0.2, -0.15) is 0 Å². The summed E-state index contributed by atoms with van der Waals surface area (Å²) in [6, 6.07) is 0. The third-order valence-electron chi connectivity index (χ3n) is 0.419. The molecule has 0 atom stereocenters. The first kappa shape index (κ1) is 9.22. The second kappa shape index (κ2) is 1.29. The average molecular weight is 233 g/mol. The van der Waals surface area contributed by atoms with Crippen LogP contribution in [0.15, 0.2) is 10.4 Å². The summed E-state index contributed by atoms with van der Waals surface area (Å²) in [5.41, 5.74) is 0. The van der Waals surface area contributed by atoms with Crippen molar-refractivity contribution in [2.45, 2.75) is 0 Å². The van der Waals surface area contributed by atoms with Gasteiger partial charge in [-0.1, -0.05) is 26.0 Å². The quantitative estimate of drug-likeness (QED) is 0.596. The molecule has 0 nitrogen and oxygen atoms in total. The van der Waals surface area contributed by atoms with Crippen molar-refractivity contribution in [3.8, 4) is 0 Å². The van der Waals surface area contributed by atoms with Crippen molar-refractivity contribution in [1.82, 2.24) is 0 Å². The van der Waals surface area contributed by atoms with Gasteiger partial charge in [0.1, 0.15) is 3.81 Å². The van der Waals surface area contributed by atoms with Crippen LogP contribution in [-0.4, -0.2) is 0 Å². The average Bonchev–Trinajstić information content (AvgIpc) is 1.24. The third-order valence-corrected chi connectivity index (χ3v) is 3.09. The molecule has 7 heteroatoms. The van der Waals surface area contributed by atoms with E-state index in [-0.39, 0.29) is 0 Å². The summed E-state index contributed by atoms with van der Waals surface area (Å²) in [7, 11) is -9.39. The number of hydrogen-bond acceptors (Lipinski definition) is 0. The van der Waals surface area contributed by atoms with Gasteiger partial charge in [0.25, 0.3) is 0 Å². The van der Waals surface area contributed by atoms with E-state index < -0.39 is 14.0 Å². The fourth-order valence-corrected chi connectivity index (χ4v) is 0. The van der Waals surface area contributed by atoms with E-state index in [2.05, 4.69) is 6.58 Å².